The number of hydrogen-bond donors (Lipinski definition) is 1. The van der Waals surface area contributed by atoms with Crippen LogP contribution in [0.2, 0.25) is 0 Å². The minimum atomic E-state index is -0.277. The Balaban J connectivity index is 1.98. The van der Waals surface area contributed by atoms with Crippen molar-refractivity contribution in [2.75, 3.05) is 11.6 Å². The van der Waals surface area contributed by atoms with Crippen molar-refractivity contribution in [3.8, 4) is 0 Å². The molecule has 7 nitrogen and oxygen atoms in total. The third kappa shape index (κ3) is 4.29. The molecule has 29 heavy (non-hydrogen) atoms. The number of rotatable bonds is 5. The monoisotopic (exact) mass is 393 g/mol. The van der Waals surface area contributed by atoms with Crippen LogP contribution in [-0.4, -0.2) is 34.0 Å². The fourth-order valence-corrected chi connectivity index (χ4v) is 3.77. The van der Waals surface area contributed by atoms with Crippen molar-refractivity contribution in [2.24, 2.45) is 11.0 Å². The van der Waals surface area contributed by atoms with Crippen LogP contribution in [0.15, 0.2) is 51.5 Å². The van der Waals surface area contributed by atoms with Gasteiger partial charge < -0.3 is 4.90 Å². The van der Waals surface area contributed by atoms with Crippen molar-refractivity contribution >= 4 is 18.6 Å². The molecular weight excluding hydrogens is 366 g/mol. The average Bonchev–Trinajstić information content (AvgIpc) is 2.69. The van der Waals surface area contributed by atoms with E-state index < -0.39 is 0 Å². The Hall–Kier alpha value is -3.22. The molecule has 0 saturated carbocycles. The molecule has 0 aliphatic carbocycles. The first kappa shape index (κ1) is 20.5. The van der Waals surface area contributed by atoms with Gasteiger partial charge in [-0.1, -0.05) is 38.1 Å². The van der Waals surface area contributed by atoms with Crippen LogP contribution in [0, 0.1) is 12.8 Å². The number of aryl methyl sites for hydroxylation is 1. The first-order chi connectivity index (χ1) is 13.8. The molecule has 0 radical (unpaired) electrons. The molecule has 2 heterocycles. The lowest BCUT2D eigenvalue weighted by Gasteiger charge is -2.31. The van der Waals surface area contributed by atoms with Crippen LogP contribution >= 0.6 is 0 Å². The number of benzene rings is 1. The number of aromatic amines is 1. The lowest BCUT2D eigenvalue weighted by Crippen LogP contribution is -2.38. The van der Waals surface area contributed by atoms with Gasteiger partial charge in [0.05, 0.1) is 5.70 Å². The molecule has 1 N–H and O–H groups in total. The predicted octanol–water partition coefficient (Wildman–Crippen LogP) is 3.02. The Morgan fingerprint density at radius 3 is 2.62 bits per heavy atom. The van der Waals surface area contributed by atoms with Crippen molar-refractivity contribution in [3.63, 3.8) is 0 Å². The standard InChI is InChI=1S/C22H27N5O2/c1-14(2)20(27(23-5)22-24-15(3)12-19(28)25-22)16(4)21(29)26-11-10-17-8-6-7-9-18(17)13-26/h6-9,12,14H,5,10-11,13H2,1-4H3,(H,24,25,28)/b20-16+. The van der Waals surface area contributed by atoms with Crippen LogP contribution in [-0.2, 0) is 17.8 Å². The highest BCUT2D eigenvalue weighted by Crippen LogP contribution is 2.27. The van der Waals surface area contributed by atoms with E-state index in [1.165, 1.54) is 22.2 Å². The first-order valence-corrected chi connectivity index (χ1v) is 9.73. The van der Waals surface area contributed by atoms with Gasteiger partial charge in [0, 0.05) is 37.1 Å². The summed E-state index contributed by atoms with van der Waals surface area (Å²) in [5, 5.41) is 5.53. The summed E-state index contributed by atoms with van der Waals surface area (Å²) in [4.78, 5) is 34.2. The summed E-state index contributed by atoms with van der Waals surface area (Å²) in [6, 6.07) is 9.62. The normalized spacial score (nSPS) is 14.3. The Morgan fingerprint density at radius 2 is 2.00 bits per heavy atom. The Bertz CT molecular complexity index is 1020. The molecule has 1 aliphatic heterocycles. The van der Waals surface area contributed by atoms with Crippen molar-refractivity contribution in [1.82, 2.24) is 14.9 Å². The summed E-state index contributed by atoms with van der Waals surface area (Å²) in [5.41, 5.74) is 3.99. The SMILES string of the molecule is C=NN(/C(=C(\C)C(=O)N1CCc2ccccc2C1)C(C)C)c1nc(C)cc(=O)[nH]1. The van der Waals surface area contributed by atoms with E-state index in [1.54, 1.807) is 13.8 Å². The lowest BCUT2D eigenvalue weighted by molar-refractivity contribution is -0.128. The Kier molecular flexibility index (Phi) is 5.96. The van der Waals surface area contributed by atoms with E-state index in [1.807, 2.05) is 30.9 Å². The number of carbonyl (C=O) groups excluding carboxylic acids is 1. The highest BCUT2D eigenvalue weighted by Gasteiger charge is 2.27. The first-order valence-electron chi connectivity index (χ1n) is 9.73. The van der Waals surface area contributed by atoms with Crippen LogP contribution in [0.3, 0.4) is 0 Å². The number of nitrogens with zero attached hydrogens (tertiary/aromatic N) is 4. The molecule has 3 rings (SSSR count). The van der Waals surface area contributed by atoms with Gasteiger partial charge in [-0.05, 0) is 37.3 Å². The molecule has 1 aliphatic rings. The minimum Gasteiger partial charge on any atom is -0.334 e. The van der Waals surface area contributed by atoms with Crippen molar-refractivity contribution in [3.05, 3.63) is 68.8 Å². The van der Waals surface area contributed by atoms with Gasteiger partial charge in [0.15, 0.2) is 0 Å². The van der Waals surface area contributed by atoms with Gasteiger partial charge in [0.1, 0.15) is 0 Å². The van der Waals surface area contributed by atoms with Gasteiger partial charge in [-0.25, -0.2) is 9.99 Å². The number of amides is 1. The number of hydrogen-bond acceptors (Lipinski definition) is 5. The molecule has 1 amide bonds. The van der Waals surface area contributed by atoms with Gasteiger partial charge in [0.25, 0.3) is 11.5 Å². The summed E-state index contributed by atoms with van der Waals surface area (Å²) in [6.45, 7) is 12.4. The van der Waals surface area contributed by atoms with E-state index in [-0.39, 0.29) is 23.3 Å². The third-order valence-corrected chi connectivity index (χ3v) is 5.10. The third-order valence-electron chi connectivity index (χ3n) is 5.10. The van der Waals surface area contributed by atoms with Crippen LogP contribution in [0.5, 0.6) is 0 Å². The molecule has 0 bridgehead atoms. The average molecular weight is 393 g/mol. The van der Waals surface area contributed by atoms with E-state index in [0.717, 1.165) is 6.42 Å². The van der Waals surface area contributed by atoms with Gasteiger partial charge in [0.2, 0.25) is 5.95 Å². The summed E-state index contributed by atoms with van der Waals surface area (Å²) in [5.74, 6) is 0.170. The number of fused-ring (bicyclic) bond motifs is 1. The van der Waals surface area contributed by atoms with Crippen molar-refractivity contribution in [1.29, 1.82) is 0 Å². The van der Waals surface area contributed by atoms with Gasteiger partial charge in [-0.15, -0.1) is 0 Å². The number of allylic oxidation sites excluding steroid dienone is 1. The number of anilines is 1. The minimum absolute atomic E-state index is 0.0349. The molecule has 0 atom stereocenters. The van der Waals surface area contributed by atoms with Crippen LogP contribution < -0.4 is 10.6 Å². The highest BCUT2D eigenvalue weighted by atomic mass is 16.2. The second-order valence-corrected chi connectivity index (χ2v) is 7.57. The number of aromatic nitrogens is 2. The number of carbonyl (C=O) groups is 1. The van der Waals surface area contributed by atoms with Crippen molar-refractivity contribution in [2.45, 2.75) is 40.7 Å². The number of hydrazone groups is 1. The van der Waals surface area contributed by atoms with Crippen LogP contribution in [0.4, 0.5) is 5.95 Å². The van der Waals surface area contributed by atoms with E-state index in [0.29, 0.717) is 30.1 Å². The summed E-state index contributed by atoms with van der Waals surface area (Å²) < 4.78 is 0. The molecule has 7 heteroatoms. The zero-order valence-electron chi connectivity index (χ0n) is 17.4. The Morgan fingerprint density at radius 1 is 1.31 bits per heavy atom. The van der Waals surface area contributed by atoms with E-state index >= 15 is 0 Å². The predicted molar refractivity (Wildman–Crippen MR) is 115 cm³/mol. The van der Waals surface area contributed by atoms with Crippen LogP contribution in [0.25, 0.3) is 0 Å². The van der Waals surface area contributed by atoms with Crippen LogP contribution in [0.1, 0.15) is 37.6 Å². The molecule has 1 aromatic heterocycles. The molecular formula is C22H27N5O2. The fraction of sp³-hybridized carbons (Fsp3) is 0.364. The maximum atomic E-state index is 13.3. The molecule has 2 aromatic rings. The van der Waals surface area contributed by atoms with E-state index in [4.69, 9.17) is 0 Å². The maximum absolute atomic E-state index is 13.3. The van der Waals surface area contributed by atoms with E-state index in [9.17, 15) is 9.59 Å². The second kappa shape index (κ2) is 8.43. The summed E-state index contributed by atoms with van der Waals surface area (Å²) >= 11 is 0. The molecule has 0 unspecified atom stereocenters. The van der Waals surface area contributed by atoms with Gasteiger partial charge in [-0.2, -0.15) is 5.10 Å². The molecule has 0 saturated heterocycles. The van der Waals surface area contributed by atoms with E-state index in [2.05, 4.69) is 33.9 Å². The zero-order valence-corrected chi connectivity index (χ0v) is 17.4. The molecule has 152 valence electrons. The molecule has 0 fully saturated rings. The Labute approximate surface area is 170 Å². The summed E-state index contributed by atoms with van der Waals surface area (Å²) in [6.07, 6.45) is 0.836. The van der Waals surface area contributed by atoms with Gasteiger partial charge in [-0.3, -0.25) is 14.6 Å². The maximum Gasteiger partial charge on any atom is 0.252 e. The highest BCUT2D eigenvalue weighted by molar-refractivity contribution is 5.94. The smallest absolute Gasteiger partial charge is 0.252 e. The van der Waals surface area contributed by atoms with Crippen molar-refractivity contribution < 1.29 is 4.79 Å². The second-order valence-electron chi connectivity index (χ2n) is 7.57. The fourth-order valence-electron chi connectivity index (χ4n) is 3.77. The lowest BCUT2D eigenvalue weighted by atomic mass is 9.98. The largest absolute Gasteiger partial charge is 0.334 e. The van der Waals surface area contributed by atoms with Gasteiger partial charge >= 0.3 is 0 Å². The molecule has 0 spiro atoms. The number of H-pyrrole nitrogens is 1. The zero-order chi connectivity index (χ0) is 21.1. The molecule has 1 aromatic carbocycles. The number of nitrogens with one attached hydrogen (secondary N) is 1. The topological polar surface area (TPSA) is 81.7 Å². The quantitative estimate of drug-likeness (QED) is 0.481. The summed E-state index contributed by atoms with van der Waals surface area (Å²) in [7, 11) is 0.